The van der Waals surface area contributed by atoms with Crippen LogP contribution in [0.5, 0.6) is 5.75 Å². The summed E-state index contributed by atoms with van der Waals surface area (Å²) in [5.41, 5.74) is 3.65. The Morgan fingerprint density at radius 3 is 2.37 bits per heavy atom. The van der Waals surface area contributed by atoms with Crippen molar-refractivity contribution in [2.24, 2.45) is 0 Å². The number of rotatable bonds is 5. The predicted molar refractivity (Wildman–Crippen MR) is 114 cm³/mol. The number of thiocarbonyl (C=S) groups is 1. The Hall–Kier alpha value is -2.90. The highest BCUT2D eigenvalue weighted by atomic mass is 35.5. The summed E-state index contributed by atoms with van der Waals surface area (Å²) in [4.78, 5) is 0. The van der Waals surface area contributed by atoms with Crippen LogP contribution in [0, 0.1) is 6.92 Å². The average Bonchev–Trinajstić information content (AvgIpc) is 2.65. The number of aromatic nitrogens is 2. The minimum atomic E-state index is 0.353. The van der Waals surface area contributed by atoms with Crippen LogP contribution in [0.25, 0.3) is 0 Å². The molecular weight excluding hydrogens is 382 g/mol. The lowest BCUT2D eigenvalue weighted by Gasteiger charge is -2.14. The van der Waals surface area contributed by atoms with E-state index >= 15 is 0 Å². The van der Waals surface area contributed by atoms with E-state index in [2.05, 4.69) is 26.1 Å². The van der Waals surface area contributed by atoms with Gasteiger partial charge in [-0.15, -0.1) is 10.2 Å². The highest BCUT2D eigenvalue weighted by Crippen LogP contribution is 2.25. The van der Waals surface area contributed by atoms with E-state index in [1.54, 1.807) is 19.2 Å². The second-order valence-electron chi connectivity index (χ2n) is 5.73. The summed E-state index contributed by atoms with van der Waals surface area (Å²) in [6, 6.07) is 16.9. The molecule has 0 saturated carbocycles. The second kappa shape index (κ2) is 8.66. The fourth-order valence-corrected chi connectivity index (χ4v) is 2.70. The van der Waals surface area contributed by atoms with Gasteiger partial charge in [-0.25, -0.2) is 0 Å². The molecule has 0 spiro atoms. The van der Waals surface area contributed by atoms with Crippen LogP contribution in [0.2, 0.25) is 5.15 Å². The monoisotopic (exact) mass is 399 g/mol. The number of hydrogen-bond acceptors (Lipinski definition) is 5. The Kier molecular flexibility index (Phi) is 6.05. The fraction of sp³-hybridized carbons (Fsp3) is 0.105. The van der Waals surface area contributed by atoms with Gasteiger partial charge >= 0.3 is 0 Å². The summed E-state index contributed by atoms with van der Waals surface area (Å²) in [6.07, 6.45) is 0. The fourth-order valence-electron chi connectivity index (χ4n) is 2.37. The van der Waals surface area contributed by atoms with E-state index in [4.69, 9.17) is 28.6 Å². The Balaban J connectivity index is 1.61. The molecule has 0 bridgehead atoms. The van der Waals surface area contributed by atoms with Gasteiger partial charge in [0.25, 0.3) is 0 Å². The maximum absolute atomic E-state index is 5.73. The van der Waals surface area contributed by atoms with E-state index in [1.807, 2.05) is 49.4 Å². The molecule has 3 N–H and O–H groups in total. The van der Waals surface area contributed by atoms with Gasteiger partial charge in [0.05, 0.1) is 12.8 Å². The van der Waals surface area contributed by atoms with Crippen molar-refractivity contribution in [2.45, 2.75) is 6.92 Å². The largest absolute Gasteiger partial charge is 0.495 e. The van der Waals surface area contributed by atoms with Crippen LogP contribution in [0.4, 0.5) is 22.9 Å². The lowest BCUT2D eigenvalue weighted by Crippen LogP contribution is -2.19. The first-order chi connectivity index (χ1) is 13.0. The van der Waals surface area contributed by atoms with Crippen LogP contribution in [-0.2, 0) is 0 Å². The number of hydrogen-bond donors (Lipinski definition) is 3. The standard InChI is InChI=1S/C19H18ClN5OS/c1-12-3-8-16(26-2)15(11-12)23-19(27)22-14-6-4-13(5-7-14)21-18-10-9-17(20)24-25-18/h3-11H,1-2H3,(H,21,25)(H2,22,23,27). The normalized spacial score (nSPS) is 10.2. The van der Waals surface area contributed by atoms with Gasteiger partial charge in [0, 0.05) is 11.4 Å². The highest BCUT2D eigenvalue weighted by Gasteiger charge is 2.06. The summed E-state index contributed by atoms with van der Waals surface area (Å²) in [6.45, 7) is 2.01. The first kappa shape index (κ1) is 18.9. The van der Waals surface area contributed by atoms with Crippen molar-refractivity contribution in [3.8, 4) is 5.75 Å². The summed E-state index contributed by atoms with van der Waals surface area (Å²) in [5, 5.41) is 18.0. The van der Waals surface area contributed by atoms with Gasteiger partial charge < -0.3 is 20.7 Å². The maximum atomic E-state index is 5.73. The zero-order valence-corrected chi connectivity index (χ0v) is 16.4. The lowest BCUT2D eigenvalue weighted by atomic mass is 10.2. The summed E-state index contributed by atoms with van der Waals surface area (Å²) in [7, 11) is 1.63. The van der Waals surface area contributed by atoms with Gasteiger partial charge in [0.15, 0.2) is 16.1 Å². The number of anilines is 4. The molecular formula is C19H18ClN5OS. The molecule has 0 amide bonds. The minimum absolute atomic E-state index is 0.353. The molecule has 0 saturated heterocycles. The summed E-state index contributed by atoms with van der Waals surface area (Å²) >= 11 is 11.1. The maximum Gasteiger partial charge on any atom is 0.175 e. The van der Waals surface area contributed by atoms with E-state index < -0.39 is 0 Å². The van der Waals surface area contributed by atoms with E-state index in [1.165, 1.54) is 0 Å². The van der Waals surface area contributed by atoms with Crippen LogP contribution in [-0.4, -0.2) is 22.4 Å². The summed E-state index contributed by atoms with van der Waals surface area (Å²) in [5.74, 6) is 1.34. The Bertz CT molecular complexity index is 932. The Morgan fingerprint density at radius 1 is 0.963 bits per heavy atom. The van der Waals surface area contributed by atoms with E-state index in [-0.39, 0.29) is 0 Å². The minimum Gasteiger partial charge on any atom is -0.495 e. The van der Waals surface area contributed by atoms with Gasteiger partial charge in [0.2, 0.25) is 0 Å². The molecule has 0 aliphatic carbocycles. The van der Waals surface area contributed by atoms with Crippen molar-refractivity contribution in [3.05, 3.63) is 65.3 Å². The van der Waals surface area contributed by atoms with Crippen LogP contribution < -0.4 is 20.7 Å². The lowest BCUT2D eigenvalue weighted by molar-refractivity contribution is 0.417. The van der Waals surface area contributed by atoms with Crippen LogP contribution in [0.15, 0.2) is 54.6 Å². The molecule has 3 aromatic rings. The molecule has 1 aromatic heterocycles. The molecule has 2 aromatic carbocycles. The van der Waals surface area contributed by atoms with Gasteiger partial charge in [-0.05, 0) is 73.2 Å². The third-order valence-corrected chi connectivity index (χ3v) is 4.06. The first-order valence-corrected chi connectivity index (χ1v) is 8.91. The topological polar surface area (TPSA) is 71.1 Å². The average molecular weight is 400 g/mol. The van der Waals surface area contributed by atoms with Gasteiger partial charge in [0.1, 0.15) is 5.75 Å². The van der Waals surface area contributed by atoms with E-state index in [0.717, 1.165) is 28.4 Å². The highest BCUT2D eigenvalue weighted by molar-refractivity contribution is 7.80. The number of benzene rings is 2. The number of halogens is 1. The van der Waals surface area contributed by atoms with Crippen molar-refractivity contribution in [3.63, 3.8) is 0 Å². The molecule has 27 heavy (non-hydrogen) atoms. The third kappa shape index (κ3) is 5.29. The van der Waals surface area contributed by atoms with Crippen molar-refractivity contribution >= 4 is 51.8 Å². The molecule has 0 unspecified atom stereocenters. The number of nitrogens with one attached hydrogen (secondary N) is 3. The first-order valence-electron chi connectivity index (χ1n) is 8.12. The van der Waals surface area contributed by atoms with Crippen molar-refractivity contribution < 1.29 is 4.74 Å². The van der Waals surface area contributed by atoms with Crippen LogP contribution >= 0.6 is 23.8 Å². The van der Waals surface area contributed by atoms with Gasteiger partial charge in [-0.3, -0.25) is 0 Å². The van der Waals surface area contributed by atoms with Crippen LogP contribution in [0.3, 0.4) is 0 Å². The molecule has 0 aliphatic heterocycles. The summed E-state index contributed by atoms with van der Waals surface area (Å²) < 4.78 is 5.35. The van der Waals surface area contributed by atoms with Gasteiger partial charge in [-0.2, -0.15) is 0 Å². The molecule has 0 radical (unpaired) electrons. The van der Waals surface area contributed by atoms with E-state index in [9.17, 15) is 0 Å². The molecule has 1 heterocycles. The number of methoxy groups -OCH3 is 1. The molecule has 0 fully saturated rings. The smallest absolute Gasteiger partial charge is 0.175 e. The third-order valence-electron chi connectivity index (χ3n) is 3.65. The number of nitrogens with zero attached hydrogens (tertiary/aromatic N) is 2. The van der Waals surface area contributed by atoms with Crippen molar-refractivity contribution in [2.75, 3.05) is 23.1 Å². The zero-order chi connectivity index (χ0) is 19.2. The zero-order valence-electron chi connectivity index (χ0n) is 14.8. The quantitative estimate of drug-likeness (QED) is 0.521. The Morgan fingerprint density at radius 2 is 1.70 bits per heavy atom. The Labute approximate surface area is 167 Å². The predicted octanol–water partition coefficient (Wildman–Crippen LogP) is 5.00. The van der Waals surface area contributed by atoms with Crippen LogP contribution in [0.1, 0.15) is 5.56 Å². The van der Waals surface area contributed by atoms with Crippen molar-refractivity contribution in [1.82, 2.24) is 10.2 Å². The number of ether oxygens (including phenoxy) is 1. The van der Waals surface area contributed by atoms with Crippen molar-refractivity contribution in [1.29, 1.82) is 0 Å². The van der Waals surface area contributed by atoms with Gasteiger partial charge in [-0.1, -0.05) is 17.7 Å². The molecule has 8 heteroatoms. The number of aryl methyl sites for hydroxylation is 1. The molecule has 0 atom stereocenters. The molecule has 138 valence electrons. The molecule has 6 nitrogen and oxygen atoms in total. The van der Waals surface area contributed by atoms with E-state index in [0.29, 0.717) is 16.1 Å². The molecule has 3 rings (SSSR count). The molecule has 0 aliphatic rings. The SMILES string of the molecule is COc1ccc(C)cc1NC(=S)Nc1ccc(Nc2ccc(Cl)nn2)cc1. The second-order valence-corrected chi connectivity index (χ2v) is 6.52.